The van der Waals surface area contributed by atoms with E-state index in [-0.39, 0.29) is 0 Å². The van der Waals surface area contributed by atoms with Crippen LogP contribution in [0.15, 0.2) is 30.7 Å². The second-order valence-electron chi connectivity index (χ2n) is 5.97. The number of aromatic nitrogens is 2. The fraction of sp³-hybridized carbons (Fsp3) is 0.471. The van der Waals surface area contributed by atoms with Gasteiger partial charge in [0, 0.05) is 24.9 Å². The van der Waals surface area contributed by atoms with Crippen LogP contribution in [0.4, 0.5) is 5.69 Å². The third kappa shape index (κ3) is 2.56. The third-order valence-corrected chi connectivity index (χ3v) is 4.25. The Morgan fingerprint density at radius 1 is 1.38 bits per heavy atom. The van der Waals surface area contributed by atoms with Crippen molar-refractivity contribution in [1.82, 2.24) is 9.55 Å². The molecule has 0 radical (unpaired) electrons. The van der Waals surface area contributed by atoms with Gasteiger partial charge in [-0.05, 0) is 17.9 Å². The predicted octanol–water partition coefficient (Wildman–Crippen LogP) is 3.36. The van der Waals surface area contributed by atoms with Crippen LogP contribution in [0.2, 0.25) is 0 Å². The van der Waals surface area contributed by atoms with Crippen LogP contribution < -0.4 is 5.32 Å². The van der Waals surface area contributed by atoms with Gasteiger partial charge in [0.2, 0.25) is 0 Å². The summed E-state index contributed by atoms with van der Waals surface area (Å²) in [4.78, 5) is 4.39. The number of benzene rings is 1. The first-order valence-electron chi connectivity index (χ1n) is 7.59. The second-order valence-corrected chi connectivity index (χ2v) is 5.97. The fourth-order valence-corrected chi connectivity index (χ4v) is 3.10. The highest BCUT2D eigenvalue weighted by Gasteiger charge is 2.22. The maximum absolute atomic E-state index is 5.41. The summed E-state index contributed by atoms with van der Waals surface area (Å²) in [6.07, 6.45) is 4.98. The van der Waals surface area contributed by atoms with Gasteiger partial charge in [-0.1, -0.05) is 32.0 Å². The number of nitrogens with one attached hydrogen (secondary N) is 1. The Morgan fingerprint density at radius 2 is 2.24 bits per heavy atom. The molecule has 0 aliphatic carbocycles. The van der Waals surface area contributed by atoms with Crippen molar-refractivity contribution in [3.05, 3.63) is 36.3 Å². The molecule has 2 aromatic rings. The van der Waals surface area contributed by atoms with E-state index in [1.165, 1.54) is 16.8 Å². The van der Waals surface area contributed by atoms with Gasteiger partial charge in [-0.3, -0.25) is 0 Å². The summed E-state index contributed by atoms with van der Waals surface area (Å²) >= 11 is 0. The maximum Gasteiger partial charge on any atom is 0.0954 e. The molecule has 1 aromatic carbocycles. The van der Waals surface area contributed by atoms with Crippen LogP contribution in [0.1, 0.15) is 25.5 Å². The van der Waals surface area contributed by atoms with Crippen LogP contribution in [0.3, 0.4) is 0 Å². The normalized spacial score (nSPS) is 15.0. The SMILES string of the molecule is COCC(C(C)C)n1cncc1-c1cccc2c1NCC2. The number of rotatable bonds is 5. The average molecular weight is 285 g/mol. The molecular weight excluding hydrogens is 262 g/mol. The van der Waals surface area contributed by atoms with Crippen LogP contribution in [-0.2, 0) is 11.2 Å². The van der Waals surface area contributed by atoms with E-state index in [9.17, 15) is 0 Å². The average Bonchev–Trinajstić information content (AvgIpc) is 3.12. The molecule has 0 saturated heterocycles. The Morgan fingerprint density at radius 3 is 3.00 bits per heavy atom. The van der Waals surface area contributed by atoms with Crippen LogP contribution in [-0.4, -0.2) is 29.8 Å². The molecule has 1 aliphatic rings. The summed E-state index contributed by atoms with van der Waals surface area (Å²) < 4.78 is 7.66. The number of para-hydroxylation sites is 1. The lowest BCUT2D eigenvalue weighted by Crippen LogP contribution is -2.20. The van der Waals surface area contributed by atoms with Crippen LogP contribution in [0.25, 0.3) is 11.3 Å². The molecule has 0 amide bonds. The number of methoxy groups -OCH3 is 1. The van der Waals surface area contributed by atoms with Crippen molar-refractivity contribution in [1.29, 1.82) is 0 Å². The summed E-state index contributed by atoms with van der Waals surface area (Å²) in [7, 11) is 1.76. The molecule has 1 atom stereocenters. The quantitative estimate of drug-likeness (QED) is 0.915. The molecule has 21 heavy (non-hydrogen) atoms. The van der Waals surface area contributed by atoms with Crippen molar-refractivity contribution >= 4 is 5.69 Å². The molecule has 0 fully saturated rings. The number of hydrogen-bond acceptors (Lipinski definition) is 3. The lowest BCUT2D eigenvalue weighted by molar-refractivity contribution is 0.134. The van der Waals surface area contributed by atoms with Gasteiger partial charge in [0.1, 0.15) is 0 Å². The number of ether oxygens (including phenoxy) is 1. The minimum atomic E-state index is 0.296. The number of fused-ring (bicyclic) bond motifs is 1. The monoisotopic (exact) mass is 285 g/mol. The molecular formula is C17H23N3O. The van der Waals surface area contributed by atoms with Crippen molar-refractivity contribution in [3.8, 4) is 11.3 Å². The van der Waals surface area contributed by atoms with E-state index >= 15 is 0 Å². The van der Waals surface area contributed by atoms with E-state index in [0.29, 0.717) is 18.6 Å². The number of imidazole rings is 1. The number of anilines is 1. The van der Waals surface area contributed by atoms with Gasteiger partial charge < -0.3 is 14.6 Å². The van der Waals surface area contributed by atoms with E-state index in [2.05, 4.69) is 46.9 Å². The molecule has 0 spiro atoms. The van der Waals surface area contributed by atoms with E-state index in [1.54, 1.807) is 7.11 Å². The first-order chi connectivity index (χ1) is 10.2. The molecule has 4 nitrogen and oxygen atoms in total. The molecule has 2 heterocycles. The standard InChI is InChI=1S/C17H23N3O/c1-12(2)16(10-21-3)20-11-18-9-15(20)14-6-4-5-13-7-8-19-17(13)14/h4-6,9,11-12,16,19H,7-8,10H2,1-3H3. The van der Waals surface area contributed by atoms with Crippen LogP contribution >= 0.6 is 0 Å². The molecule has 0 bridgehead atoms. The molecule has 1 unspecified atom stereocenters. The van der Waals surface area contributed by atoms with Gasteiger partial charge in [-0.2, -0.15) is 0 Å². The molecule has 0 saturated carbocycles. The van der Waals surface area contributed by atoms with Gasteiger partial charge in [0.15, 0.2) is 0 Å². The first-order valence-corrected chi connectivity index (χ1v) is 7.59. The van der Waals surface area contributed by atoms with Gasteiger partial charge in [-0.15, -0.1) is 0 Å². The van der Waals surface area contributed by atoms with Crippen molar-refractivity contribution in [3.63, 3.8) is 0 Å². The topological polar surface area (TPSA) is 39.1 Å². The van der Waals surface area contributed by atoms with Crippen molar-refractivity contribution in [2.75, 3.05) is 25.6 Å². The fourth-order valence-electron chi connectivity index (χ4n) is 3.10. The van der Waals surface area contributed by atoms with E-state index in [4.69, 9.17) is 4.74 Å². The molecule has 1 aromatic heterocycles. The third-order valence-electron chi connectivity index (χ3n) is 4.25. The smallest absolute Gasteiger partial charge is 0.0954 e. The molecule has 1 N–H and O–H groups in total. The van der Waals surface area contributed by atoms with Crippen LogP contribution in [0.5, 0.6) is 0 Å². The van der Waals surface area contributed by atoms with Gasteiger partial charge in [0.25, 0.3) is 0 Å². The van der Waals surface area contributed by atoms with E-state index < -0.39 is 0 Å². The Hall–Kier alpha value is -1.81. The summed E-state index contributed by atoms with van der Waals surface area (Å²) in [5.74, 6) is 0.489. The Labute approximate surface area is 126 Å². The Balaban J connectivity index is 2.05. The zero-order valence-electron chi connectivity index (χ0n) is 13.0. The van der Waals surface area contributed by atoms with Gasteiger partial charge >= 0.3 is 0 Å². The van der Waals surface area contributed by atoms with Crippen molar-refractivity contribution in [2.45, 2.75) is 26.3 Å². The maximum atomic E-state index is 5.41. The van der Waals surface area contributed by atoms with E-state index in [0.717, 1.165) is 18.7 Å². The zero-order chi connectivity index (χ0) is 14.8. The van der Waals surface area contributed by atoms with Crippen molar-refractivity contribution < 1.29 is 4.74 Å². The summed E-state index contributed by atoms with van der Waals surface area (Å²) in [5.41, 5.74) is 5.06. The molecule has 1 aliphatic heterocycles. The lowest BCUT2D eigenvalue weighted by atomic mass is 10.0. The van der Waals surface area contributed by atoms with E-state index in [1.807, 2.05) is 12.5 Å². The lowest BCUT2D eigenvalue weighted by Gasteiger charge is -2.24. The summed E-state index contributed by atoms with van der Waals surface area (Å²) in [6.45, 7) is 6.16. The minimum Gasteiger partial charge on any atom is -0.384 e. The number of hydrogen-bond donors (Lipinski definition) is 1. The molecule has 4 heteroatoms. The molecule has 112 valence electrons. The highest BCUT2D eigenvalue weighted by atomic mass is 16.5. The van der Waals surface area contributed by atoms with Gasteiger partial charge in [-0.25, -0.2) is 4.98 Å². The summed E-state index contributed by atoms with van der Waals surface area (Å²) in [5, 5.41) is 3.51. The Bertz CT molecular complexity index is 618. The minimum absolute atomic E-state index is 0.296. The van der Waals surface area contributed by atoms with Crippen LogP contribution in [0, 0.1) is 5.92 Å². The number of nitrogens with zero attached hydrogens (tertiary/aromatic N) is 2. The van der Waals surface area contributed by atoms with Gasteiger partial charge in [0.05, 0.1) is 30.9 Å². The Kier molecular flexibility index (Phi) is 3.97. The van der Waals surface area contributed by atoms with Crippen molar-refractivity contribution in [2.24, 2.45) is 5.92 Å². The molecule has 3 rings (SSSR count). The summed E-state index contributed by atoms with van der Waals surface area (Å²) in [6, 6.07) is 6.81. The highest BCUT2D eigenvalue weighted by molar-refractivity contribution is 5.79. The highest BCUT2D eigenvalue weighted by Crippen LogP contribution is 2.36. The zero-order valence-corrected chi connectivity index (χ0v) is 13.0. The second kappa shape index (κ2) is 5.90. The predicted molar refractivity (Wildman–Crippen MR) is 85.6 cm³/mol. The largest absolute Gasteiger partial charge is 0.384 e. The first kappa shape index (κ1) is 14.1.